The second-order valence-electron chi connectivity index (χ2n) is 5.86. The third kappa shape index (κ3) is 4.73. The Morgan fingerprint density at radius 1 is 0.958 bits per heavy atom. The summed E-state index contributed by atoms with van der Waals surface area (Å²) in [6.45, 7) is 3.54. The van der Waals surface area contributed by atoms with Gasteiger partial charge in [-0.25, -0.2) is 0 Å². The van der Waals surface area contributed by atoms with Crippen molar-refractivity contribution < 1.29 is 4.74 Å². The molecule has 0 aliphatic carbocycles. The maximum atomic E-state index is 5.39. The van der Waals surface area contributed by atoms with Gasteiger partial charge in [0.1, 0.15) is 0 Å². The summed E-state index contributed by atoms with van der Waals surface area (Å²) >= 11 is 0. The Kier molecular flexibility index (Phi) is 6.64. The molecule has 0 N–H and O–H groups in total. The molecule has 1 aliphatic heterocycles. The summed E-state index contributed by atoms with van der Waals surface area (Å²) in [6, 6.07) is 16.8. The zero-order valence-corrected chi connectivity index (χ0v) is 15.0. The molecular formula is C19H24ClN3O. The highest BCUT2D eigenvalue weighted by atomic mass is 35.5. The SMILES string of the molecule is CN(C)c1ccc(C=Nc2ccc(N3CCOCC3)cc2)cc1.Cl. The molecule has 24 heavy (non-hydrogen) atoms. The number of nitrogens with zero attached hydrogens (tertiary/aromatic N) is 3. The molecule has 0 bridgehead atoms. The predicted octanol–water partition coefficient (Wildman–Crippen LogP) is 3.76. The van der Waals surface area contributed by atoms with Gasteiger partial charge in [0.2, 0.25) is 0 Å². The normalized spacial score (nSPS) is 14.5. The molecule has 1 heterocycles. The van der Waals surface area contributed by atoms with Crippen LogP contribution in [-0.2, 0) is 4.74 Å². The van der Waals surface area contributed by atoms with Gasteiger partial charge in [0.25, 0.3) is 0 Å². The van der Waals surface area contributed by atoms with E-state index in [1.807, 2.05) is 20.3 Å². The predicted molar refractivity (Wildman–Crippen MR) is 105 cm³/mol. The molecule has 3 rings (SSSR count). The van der Waals surface area contributed by atoms with Crippen molar-refractivity contribution in [3.8, 4) is 0 Å². The van der Waals surface area contributed by atoms with Crippen LogP contribution in [0.3, 0.4) is 0 Å². The highest BCUT2D eigenvalue weighted by molar-refractivity contribution is 5.85. The van der Waals surface area contributed by atoms with Gasteiger partial charge < -0.3 is 14.5 Å². The Morgan fingerprint density at radius 3 is 2.17 bits per heavy atom. The van der Waals surface area contributed by atoms with Crippen molar-refractivity contribution in [2.24, 2.45) is 4.99 Å². The highest BCUT2D eigenvalue weighted by Gasteiger charge is 2.10. The van der Waals surface area contributed by atoms with E-state index in [2.05, 4.69) is 63.3 Å². The number of aliphatic imine (C=N–C) groups is 1. The van der Waals surface area contributed by atoms with Crippen LogP contribution in [0.2, 0.25) is 0 Å². The van der Waals surface area contributed by atoms with Gasteiger partial charge >= 0.3 is 0 Å². The summed E-state index contributed by atoms with van der Waals surface area (Å²) in [7, 11) is 4.08. The number of ether oxygens (including phenoxy) is 1. The molecule has 2 aromatic rings. The van der Waals surface area contributed by atoms with Crippen molar-refractivity contribution in [2.45, 2.75) is 0 Å². The van der Waals surface area contributed by atoms with Crippen molar-refractivity contribution >= 4 is 35.7 Å². The molecule has 5 heteroatoms. The topological polar surface area (TPSA) is 28.1 Å². The minimum Gasteiger partial charge on any atom is -0.378 e. The van der Waals surface area contributed by atoms with E-state index in [0.717, 1.165) is 37.6 Å². The molecule has 2 aromatic carbocycles. The van der Waals surface area contributed by atoms with E-state index in [-0.39, 0.29) is 12.4 Å². The quantitative estimate of drug-likeness (QED) is 0.790. The fraction of sp³-hybridized carbons (Fsp3) is 0.316. The zero-order valence-electron chi connectivity index (χ0n) is 14.2. The van der Waals surface area contributed by atoms with Crippen LogP contribution in [-0.4, -0.2) is 46.6 Å². The van der Waals surface area contributed by atoms with Gasteiger partial charge in [-0.15, -0.1) is 12.4 Å². The van der Waals surface area contributed by atoms with E-state index in [1.54, 1.807) is 0 Å². The van der Waals surface area contributed by atoms with Crippen molar-refractivity contribution in [3.05, 3.63) is 54.1 Å². The van der Waals surface area contributed by atoms with Crippen LogP contribution in [0.25, 0.3) is 0 Å². The lowest BCUT2D eigenvalue weighted by atomic mass is 10.2. The Labute approximate surface area is 150 Å². The highest BCUT2D eigenvalue weighted by Crippen LogP contribution is 2.21. The Morgan fingerprint density at radius 2 is 1.58 bits per heavy atom. The molecule has 1 fully saturated rings. The van der Waals surface area contributed by atoms with Crippen LogP contribution in [0.5, 0.6) is 0 Å². The van der Waals surface area contributed by atoms with Crippen LogP contribution in [0.1, 0.15) is 5.56 Å². The largest absolute Gasteiger partial charge is 0.378 e. The Hall–Kier alpha value is -2.04. The van der Waals surface area contributed by atoms with E-state index < -0.39 is 0 Å². The van der Waals surface area contributed by atoms with E-state index in [4.69, 9.17) is 4.74 Å². The Bertz CT molecular complexity index is 647. The van der Waals surface area contributed by atoms with Crippen molar-refractivity contribution in [3.63, 3.8) is 0 Å². The second kappa shape index (κ2) is 8.71. The molecule has 1 aliphatic rings. The maximum Gasteiger partial charge on any atom is 0.0642 e. The van der Waals surface area contributed by atoms with Gasteiger partial charge in [-0.3, -0.25) is 4.99 Å². The monoisotopic (exact) mass is 345 g/mol. The second-order valence-corrected chi connectivity index (χ2v) is 5.86. The van der Waals surface area contributed by atoms with Gasteiger partial charge in [0, 0.05) is 44.8 Å². The summed E-state index contributed by atoms with van der Waals surface area (Å²) < 4.78 is 5.39. The first-order valence-electron chi connectivity index (χ1n) is 7.96. The van der Waals surface area contributed by atoms with Crippen LogP contribution in [0, 0.1) is 0 Å². The fourth-order valence-corrected chi connectivity index (χ4v) is 2.58. The number of anilines is 2. The van der Waals surface area contributed by atoms with E-state index in [0.29, 0.717) is 0 Å². The molecule has 128 valence electrons. The lowest BCUT2D eigenvalue weighted by Gasteiger charge is -2.28. The molecule has 0 atom stereocenters. The Balaban J connectivity index is 0.00000208. The molecular weight excluding hydrogens is 322 g/mol. The lowest BCUT2D eigenvalue weighted by molar-refractivity contribution is 0.122. The number of rotatable bonds is 4. The number of halogens is 1. The van der Waals surface area contributed by atoms with Crippen molar-refractivity contribution in [1.29, 1.82) is 0 Å². The number of hydrogen-bond donors (Lipinski definition) is 0. The van der Waals surface area contributed by atoms with Crippen LogP contribution < -0.4 is 9.80 Å². The van der Waals surface area contributed by atoms with Crippen molar-refractivity contribution in [1.82, 2.24) is 0 Å². The minimum atomic E-state index is 0. The number of benzene rings is 2. The summed E-state index contributed by atoms with van der Waals surface area (Å²) in [4.78, 5) is 8.99. The van der Waals surface area contributed by atoms with Crippen molar-refractivity contribution in [2.75, 3.05) is 50.2 Å². The van der Waals surface area contributed by atoms with Gasteiger partial charge in [0.15, 0.2) is 0 Å². The fourth-order valence-electron chi connectivity index (χ4n) is 2.58. The van der Waals surface area contributed by atoms with E-state index >= 15 is 0 Å². The van der Waals surface area contributed by atoms with Gasteiger partial charge in [-0.1, -0.05) is 12.1 Å². The number of hydrogen-bond acceptors (Lipinski definition) is 4. The third-order valence-corrected chi connectivity index (χ3v) is 4.00. The van der Waals surface area contributed by atoms with Crippen LogP contribution in [0.15, 0.2) is 53.5 Å². The standard InChI is InChI=1S/C19H23N3O.ClH/c1-21(2)18-7-3-16(4-8-18)15-20-17-5-9-19(10-6-17)22-11-13-23-14-12-22;/h3-10,15H,11-14H2,1-2H3;1H. The molecule has 4 nitrogen and oxygen atoms in total. The molecule has 0 amide bonds. The first kappa shape index (κ1) is 18.3. The summed E-state index contributed by atoms with van der Waals surface area (Å²) in [6.07, 6.45) is 1.91. The first-order chi connectivity index (χ1) is 11.2. The average Bonchev–Trinajstić information content (AvgIpc) is 2.61. The van der Waals surface area contributed by atoms with E-state index in [1.165, 1.54) is 11.4 Å². The summed E-state index contributed by atoms with van der Waals surface area (Å²) in [5.41, 5.74) is 4.51. The third-order valence-electron chi connectivity index (χ3n) is 4.00. The molecule has 1 saturated heterocycles. The molecule has 0 spiro atoms. The summed E-state index contributed by atoms with van der Waals surface area (Å²) in [5.74, 6) is 0. The first-order valence-corrected chi connectivity index (χ1v) is 7.96. The molecule has 0 unspecified atom stereocenters. The van der Waals surface area contributed by atoms with Gasteiger partial charge in [0.05, 0.1) is 18.9 Å². The summed E-state index contributed by atoms with van der Waals surface area (Å²) in [5, 5.41) is 0. The minimum absolute atomic E-state index is 0. The maximum absolute atomic E-state index is 5.39. The zero-order chi connectivity index (χ0) is 16.1. The molecule has 0 aromatic heterocycles. The molecule has 0 radical (unpaired) electrons. The average molecular weight is 346 g/mol. The molecule has 0 saturated carbocycles. The van der Waals surface area contributed by atoms with E-state index in [9.17, 15) is 0 Å². The van der Waals surface area contributed by atoms with Gasteiger partial charge in [-0.2, -0.15) is 0 Å². The number of morpholine rings is 1. The van der Waals surface area contributed by atoms with Gasteiger partial charge in [-0.05, 0) is 42.0 Å². The van der Waals surface area contributed by atoms with Crippen LogP contribution >= 0.6 is 12.4 Å². The van der Waals surface area contributed by atoms with Crippen LogP contribution in [0.4, 0.5) is 17.1 Å². The lowest BCUT2D eigenvalue weighted by Crippen LogP contribution is -2.36. The smallest absolute Gasteiger partial charge is 0.0642 e.